The lowest BCUT2D eigenvalue weighted by Crippen LogP contribution is -2.42. The summed E-state index contributed by atoms with van der Waals surface area (Å²) in [6.45, 7) is 1.97. The van der Waals surface area contributed by atoms with E-state index in [1.807, 2.05) is 12.1 Å². The van der Waals surface area contributed by atoms with Crippen LogP contribution in [0.4, 0.5) is 5.69 Å². The van der Waals surface area contributed by atoms with Gasteiger partial charge in [-0.15, -0.1) is 0 Å². The Labute approximate surface area is 102 Å². The number of nitrogens with zero attached hydrogens (tertiary/aromatic N) is 1. The molecule has 0 spiro atoms. The predicted molar refractivity (Wildman–Crippen MR) is 69.0 cm³/mol. The quantitative estimate of drug-likeness (QED) is 0.866. The maximum absolute atomic E-state index is 5.99. The van der Waals surface area contributed by atoms with Crippen LogP contribution in [0.1, 0.15) is 12.8 Å². The predicted octanol–water partition coefficient (Wildman–Crippen LogP) is 1.63. The molecule has 1 unspecified atom stereocenters. The number of rotatable bonds is 3. The van der Waals surface area contributed by atoms with E-state index in [9.17, 15) is 0 Å². The van der Waals surface area contributed by atoms with Gasteiger partial charge in [0.2, 0.25) is 0 Å². The lowest BCUT2D eigenvalue weighted by atomic mass is 10.1. The van der Waals surface area contributed by atoms with Crippen LogP contribution in [0.3, 0.4) is 0 Å². The number of methoxy groups -OCH3 is 2. The minimum atomic E-state index is 0.275. The van der Waals surface area contributed by atoms with E-state index in [4.69, 9.17) is 15.2 Å². The topological polar surface area (TPSA) is 47.7 Å². The van der Waals surface area contributed by atoms with Crippen molar-refractivity contribution in [2.75, 3.05) is 32.2 Å². The second kappa shape index (κ2) is 5.27. The molecule has 0 bridgehead atoms. The lowest BCUT2D eigenvalue weighted by molar-refractivity contribution is 0.355. The fourth-order valence-corrected chi connectivity index (χ4v) is 2.27. The summed E-state index contributed by atoms with van der Waals surface area (Å²) in [6, 6.07) is 6.28. The van der Waals surface area contributed by atoms with Gasteiger partial charge < -0.3 is 20.1 Å². The molecular weight excluding hydrogens is 216 g/mol. The zero-order valence-electron chi connectivity index (χ0n) is 10.5. The van der Waals surface area contributed by atoms with Crippen LogP contribution in [0.25, 0.3) is 0 Å². The molecule has 2 rings (SSSR count). The summed E-state index contributed by atoms with van der Waals surface area (Å²) < 4.78 is 10.5. The van der Waals surface area contributed by atoms with Crippen molar-refractivity contribution in [1.82, 2.24) is 0 Å². The van der Waals surface area contributed by atoms with E-state index in [0.717, 1.165) is 43.1 Å². The Balaban J connectivity index is 2.20. The van der Waals surface area contributed by atoms with Crippen LogP contribution in [0.2, 0.25) is 0 Å². The molecule has 4 heteroatoms. The van der Waals surface area contributed by atoms with E-state index >= 15 is 0 Å². The minimum absolute atomic E-state index is 0.275. The molecule has 1 aromatic carbocycles. The number of hydrogen-bond donors (Lipinski definition) is 1. The number of hydrogen-bond acceptors (Lipinski definition) is 4. The number of piperidine rings is 1. The third-order valence-electron chi connectivity index (χ3n) is 3.19. The molecule has 1 atom stereocenters. The molecule has 1 fully saturated rings. The molecule has 1 aromatic rings. The normalized spacial score (nSPS) is 20.2. The van der Waals surface area contributed by atoms with Crippen LogP contribution < -0.4 is 20.1 Å². The zero-order valence-corrected chi connectivity index (χ0v) is 10.5. The van der Waals surface area contributed by atoms with Crippen molar-refractivity contribution in [1.29, 1.82) is 0 Å². The molecule has 1 heterocycles. The number of anilines is 1. The van der Waals surface area contributed by atoms with Gasteiger partial charge in [-0.05, 0) is 25.0 Å². The van der Waals surface area contributed by atoms with Crippen molar-refractivity contribution in [3.63, 3.8) is 0 Å². The zero-order chi connectivity index (χ0) is 12.3. The van der Waals surface area contributed by atoms with Gasteiger partial charge in [-0.3, -0.25) is 0 Å². The molecule has 1 aliphatic heterocycles. The van der Waals surface area contributed by atoms with Gasteiger partial charge in [0, 0.05) is 30.9 Å². The number of ether oxygens (including phenoxy) is 2. The summed E-state index contributed by atoms with van der Waals surface area (Å²) in [4.78, 5) is 2.30. The van der Waals surface area contributed by atoms with Crippen molar-refractivity contribution < 1.29 is 9.47 Å². The van der Waals surface area contributed by atoms with Gasteiger partial charge in [0.1, 0.15) is 0 Å². The molecule has 0 aliphatic carbocycles. The van der Waals surface area contributed by atoms with Gasteiger partial charge in [-0.2, -0.15) is 0 Å². The molecule has 0 aromatic heterocycles. The Morgan fingerprint density at radius 2 is 2.00 bits per heavy atom. The third-order valence-corrected chi connectivity index (χ3v) is 3.19. The van der Waals surface area contributed by atoms with Gasteiger partial charge in [0.25, 0.3) is 0 Å². The van der Waals surface area contributed by atoms with Crippen LogP contribution in [-0.4, -0.2) is 33.4 Å². The standard InChI is InChI=1S/C13H20N2O2/c1-16-12-6-5-11(8-13(12)17-2)15-7-3-4-10(14)9-15/h5-6,8,10H,3-4,7,9,14H2,1-2H3. The first-order chi connectivity index (χ1) is 8.24. The van der Waals surface area contributed by atoms with E-state index in [1.165, 1.54) is 0 Å². The summed E-state index contributed by atoms with van der Waals surface area (Å²) in [6.07, 6.45) is 2.26. The highest BCUT2D eigenvalue weighted by Gasteiger charge is 2.18. The average Bonchev–Trinajstić information content (AvgIpc) is 2.38. The largest absolute Gasteiger partial charge is 0.493 e. The van der Waals surface area contributed by atoms with Crippen LogP contribution in [0.15, 0.2) is 18.2 Å². The summed E-state index contributed by atoms with van der Waals surface area (Å²) in [7, 11) is 3.30. The Kier molecular flexibility index (Phi) is 3.74. The third kappa shape index (κ3) is 2.64. The fraction of sp³-hybridized carbons (Fsp3) is 0.538. The number of nitrogens with two attached hydrogens (primary N) is 1. The summed E-state index contributed by atoms with van der Waals surface area (Å²) in [5.41, 5.74) is 7.14. The lowest BCUT2D eigenvalue weighted by Gasteiger charge is -2.32. The van der Waals surface area contributed by atoms with Crippen molar-refractivity contribution in [3.8, 4) is 11.5 Å². The Morgan fingerprint density at radius 1 is 1.24 bits per heavy atom. The molecule has 0 radical (unpaired) electrons. The first-order valence-corrected chi connectivity index (χ1v) is 5.97. The van der Waals surface area contributed by atoms with Crippen LogP contribution in [0.5, 0.6) is 11.5 Å². The van der Waals surface area contributed by atoms with E-state index in [2.05, 4.69) is 11.0 Å². The Hall–Kier alpha value is -1.42. The van der Waals surface area contributed by atoms with Crippen LogP contribution in [-0.2, 0) is 0 Å². The maximum Gasteiger partial charge on any atom is 0.162 e. The SMILES string of the molecule is COc1ccc(N2CCCC(N)C2)cc1OC. The molecule has 0 amide bonds. The second-order valence-electron chi connectivity index (χ2n) is 4.39. The first kappa shape index (κ1) is 12.0. The first-order valence-electron chi connectivity index (χ1n) is 5.97. The van der Waals surface area contributed by atoms with Crippen molar-refractivity contribution in [2.45, 2.75) is 18.9 Å². The Bertz CT molecular complexity index is 382. The molecule has 17 heavy (non-hydrogen) atoms. The molecule has 94 valence electrons. The highest BCUT2D eigenvalue weighted by Crippen LogP contribution is 2.32. The molecule has 2 N–H and O–H groups in total. The minimum Gasteiger partial charge on any atom is -0.493 e. The van der Waals surface area contributed by atoms with E-state index in [0.29, 0.717) is 0 Å². The molecule has 0 saturated carbocycles. The molecule has 1 saturated heterocycles. The smallest absolute Gasteiger partial charge is 0.162 e. The molecular formula is C13H20N2O2. The second-order valence-corrected chi connectivity index (χ2v) is 4.39. The number of benzene rings is 1. The van der Waals surface area contributed by atoms with Crippen molar-refractivity contribution in [3.05, 3.63) is 18.2 Å². The average molecular weight is 236 g/mol. The van der Waals surface area contributed by atoms with Gasteiger partial charge in [0.05, 0.1) is 14.2 Å². The van der Waals surface area contributed by atoms with Crippen molar-refractivity contribution >= 4 is 5.69 Å². The van der Waals surface area contributed by atoms with E-state index in [-0.39, 0.29) is 6.04 Å². The molecule has 1 aliphatic rings. The highest BCUT2D eigenvalue weighted by atomic mass is 16.5. The summed E-state index contributed by atoms with van der Waals surface area (Å²) >= 11 is 0. The van der Waals surface area contributed by atoms with Crippen LogP contribution >= 0.6 is 0 Å². The van der Waals surface area contributed by atoms with Crippen molar-refractivity contribution in [2.24, 2.45) is 5.73 Å². The van der Waals surface area contributed by atoms with Gasteiger partial charge in [0.15, 0.2) is 11.5 Å². The van der Waals surface area contributed by atoms with Gasteiger partial charge in [-0.25, -0.2) is 0 Å². The van der Waals surface area contributed by atoms with Crippen LogP contribution in [0, 0.1) is 0 Å². The van der Waals surface area contributed by atoms with E-state index in [1.54, 1.807) is 14.2 Å². The van der Waals surface area contributed by atoms with Gasteiger partial charge in [-0.1, -0.05) is 0 Å². The Morgan fingerprint density at radius 3 is 2.65 bits per heavy atom. The van der Waals surface area contributed by atoms with E-state index < -0.39 is 0 Å². The van der Waals surface area contributed by atoms with Gasteiger partial charge >= 0.3 is 0 Å². The summed E-state index contributed by atoms with van der Waals surface area (Å²) in [5.74, 6) is 1.53. The maximum atomic E-state index is 5.99. The summed E-state index contributed by atoms with van der Waals surface area (Å²) in [5, 5.41) is 0. The molecule has 4 nitrogen and oxygen atoms in total. The fourth-order valence-electron chi connectivity index (χ4n) is 2.27. The monoisotopic (exact) mass is 236 g/mol. The highest BCUT2D eigenvalue weighted by molar-refractivity contribution is 5.56.